The lowest BCUT2D eigenvalue weighted by atomic mass is 10.0. The molecule has 0 saturated heterocycles. The largest absolute Gasteiger partial charge is 0.410 e. The minimum atomic E-state index is -0.802. The normalized spacial score (nSPS) is 12.8. The van der Waals surface area contributed by atoms with Crippen LogP contribution in [0.15, 0.2) is 5.16 Å². The maximum absolute atomic E-state index is 8.37. The van der Waals surface area contributed by atoms with Crippen molar-refractivity contribution >= 4 is 5.71 Å². The molecule has 0 heterocycles. The van der Waals surface area contributed by atoms with E-state index in [-0.39, 0.29) is 5.71 Å². The van der Waals surface area contributed by atoms with E-state index in [0.717, 1.165) is 0 Å². The van der Waals surface area contributed by atoms with E-state index in [4.69, 9.17) is 15.2 Å². The molecule has 56 valence electrons. The van der Waals surface area contributed by atoms with Crippen molar-refractivity contribution < 1.29 is 9.94 Å². The summed E-state index contributed by atoms with van der Waals surface area (Å²) in [5.41, 5.74) is -0.834. The predicted molar refractivity (Wildman–Crippen MR) is 35.9 cm³/mol. The van der Waals surface area contributed by atoms with Gasteiger partial charge in [0.05, 0.1) is 0 Å². The van der Waals surface area contributed by atoms with E-state index < -0.39 is 5.60 Å². The Morgan fingerprint density at radius 3 is 2.30 bits per heavy atom. The van der Waals surface area contributed by atoms with Gasteiger partial charge in [-0.1, -0.05) is 5.16 Å². The van der Waals surface area contributed by atoms with Crippen molar-refractivity contribution in [3.05, 3.63) is 0 Å². The number of nitriles is 1. The molecule has 0 unspecified atom stereocenters. The molecule has 0 atom stereocenters. The Hall–Kier alpha value is -1.08. The van der Waals surface area contributed by atoms with E-state index in [1.165, 1.54) is 7.11 Å². The van der Waals surface area contributed by atoms with Crippen LogP contribution in [-0.4, -0.2) is 23.6 Å². The van der Waals surface area contributed by atoms with Crippen LogP contribution in [0.25, 0.3) is 0 Å². The molecule has 0 rings (SSSR count). The number of nitrogens with zero attached hydrogens (tertiary/aromatic N) is 2. The van der Waals surface area contributed by atoms with Crippen LogP contribution in [0.4, 0.5) is 0 Å². The average Bonchev–Trinajstić information content (AvgIpc) is 1.90. The van der Waals surface area contributed by atoms with Crippen LogP contribution in [0.5, 0.6) is 0 Å². The molecular weight excluding hydrogens is 132 g/mol. The van der Waals surface area contributed by atoms with Crippen molar-refractivity contribution in [2.75, 3.05) is 7.11 Å². The molecule has 0 saturated carbocycles. The van der Waals surface area contributed by atoms with Crippen LogP contribution in [-0.2, 0) is 4.74 Å². The zero-order valence-corrected chi connectivity index (χ0v) is 6.25. The Kier molecular flexibility index (Phi) is 2.84. The van der Waals surface area contributed by atoms with Crippen molar-refractivity contribution in [3.8, 4) is 6.07 Å². The van der Waals surface area contributed by atoms with Crippen molar-refractivity contribution in [1.82, 2.24) is 0 Å². The molecule has 0 aliphatic rings. The molecule has 0 amide bonds. The number of rotatable bonds is 2. The molecular formula is C6H10N2O2. The van der Waals surface area contributed by atoms with Crippen molar-refractivity contribution in [2.24, 2.45) is 5.16 Å². The molecule has 4 nitrogen and oxygen atoms in total. The molecule has 0 aromatic heterocycles. The van der Waals surface area contributed by atoms with Crippen LogP contribution in [0.2, 0.25) is 0 Å². The number of ether oxygens (including phenoxy) is 1. The molecule has 0 aliphatic heterocycles. The molecule has 0 radical (unpaired) electrons. The Labute approximate surface area is 59.7 Å². The third kappa shape index (κ3) is 1.71. The van der Waals surface area contributed by atoms with Crippen LogP contribution >= 0.6 is 0 Å². The Bertz CT molecular complexity index is 179. The average molecular weight is 142 g/mol. The minimum Gasteiger partial charge on any atom is -0.410 e. The highest BCUT2D eigenvalue weighted by molar-refractivity contribution is 6.04. The summed E-state index contributed by atoms with van der Waals surface area (Å²) in [6, 6.07) is 1.72. The first-order valence-corrected chi connectivity index (χ1v) is 2.76. The maximum atomic E-state index is 8.37. The van der Waals surface area contributed by atoms with E-state index in [1.54, 1.807) is 19.9 Å². The first-order chi connectivity index (χ1) is 4.58. The van der Waals surface area contributed by atoms with Gasteiger partial charge in [-0.15, -0.1) is 0 Å². The van der Waals surface area contributed by atoms with E-state index in [9.17, 15) is 0 Å². The summed E-state index contributed by atoms with van der Waals surface area (Å²) < 4.78 is 4.87. The van der Waals surface area contributed by atoms with Gasteiger partial charge in [0.15, 0.2) is 5.71 Å². The van der Waals surface area contributed by atoms with Gasteiger partial charge in [-0.2, -0.15) is 5.26 Å². The third-order valence-electron chi connectivity index (χ3n) is 1.29. The second-order valence-electron chi connectivity index (χ2n) is 2.27. The zero-order valence-electron chi connectivity index (χ0n) is 6.25. The van der Waals surface area contributed by atoms with Gasteiger partial charge in [0.2, 0.25) is 0 Å². The molecule has 4 heteroatoms. The van der Waals surface area contributed by atoms with Gasteiger partial charge in [-0.25, -0.2) is 0 Å². The van der Waals surface area contributed by atoms with Gasteiger partial charge in [-0.05, 0) is 13.8 Å². The highest BCUT2D eigenvalue weighted by Crippen LogP contribution is 2.08. The van der Waals surface area contributed by atoms with Gasteiger partial charge >= 0.3 is 0 Å². The molecule has 0 bridgehead atoms. The lowest BCUT2D eigenvalue weighted by Crippen LogP contribution is -2.32. The van der Waals surface area contributed by atoms with Gasteiger partial charge < -0.3 is 9.94 Å². The molecule has 0 fully saturated rings. The number of methoxy groups -OCH3 is 1. The first-order valence-electron chi connectivity index (χ1n) is 2.76. The van der Waals surface area contributed by atoms with E-state index in [1.807, 2.05) is 0 Å². The summed E-state index contributed by atoms with van der Waals surface area (Å²) in [4.78, 5) is 0. The summed E-state index contributed by atoms with van der Waals surface area (Å²) in [5.74, 6) is 0. The molecule has 0 aromatic carbocycles. The van der Waals surface area contributed by atoms with Crippen LogP contribution in [0.3, 0.4) is 0 Å². The minimum absolute atomic E-state index is 0.0324. The smallest absolute Gasteiger partial charge is 0.187 e. The molecule has 0 aromatic rings. The van der Waals surface area contributed by atoms with Crippen molar-refractivity contribution in [1.29, 1.82) is 5.26 Å². The van der Waals surface area contributed by atoms with Crippen molar-refractivity contribution in [2.45, 2.75) is 19.4 Å². The van der Waals surface area contributed by atoms with Gasteiger partial charge in [0.25, 0.3) is 0 Å². The number of oxime groups is 1. The highest BCUT2D eigenvalue weighted by Gasteiger charge is 2.24. The fourth-order valence-corrected chi connectivity index (χ4v) is 0.374. The Balaban J connectivity index is 4.48. The summed E-state index contributed by atoms with van der Waals surface area (Å²) >= 11 is 0. The number of hydrogen-bond donors (Lipinski definition) is 1. The first kappa shape index (κ1) is 8.92. The SMILES string of the molecule is COC(C)(C)C(C#N)=NO. The highest BCUT2D eigenvalue weighted by atomic mass is 16.5. The molecule has 10 heavy (non-hydrogen) atoms. The summed E-state index contributed by atoms with van der Waals surface area (Å²) in [7, 11) is 1.45. The standard InChI is InChI=1S/C6H10N2O2/c1-6(2,10-3)5(4-7)8-9/h9H,1-3H3. The predicted octanol–water partition coefficient (Wildman–Crippen LogP) is 0.765. The van der Waals surface area contributed by atoms with Crippen LogP contribution < -0.4 is 0 Å². The number of hydrogen-bond acceptors (Lipinski definition) is 4. The second-order valence-corrected chi connectivity index (χ2v) is 2.27. The Morgan fingerprint density at radius 1 is 1.70 bits per heavy atom. The van der Waals surface area contributed by atoms with E-state index >= 15 is 0 Å². The molecule has 0 spiro atoms. The summed E-state index contributed by atoms with van der Waals surface area (Å²) in [6.07, 6.45) is 0. The molecule has 0 aliphatic carbocycles. The molecule has 1 N–H and O–H groups in total. The topological polar surface area (TPSA) is 65.6 Å². The lowest BCUT2D eigenvalue weighted by molar-refractivity contribution is 0.0809. The van der Waals surface area contributed by atoms with Crippen LogP contribution in [0.1, 0.15) is 13.8 Å². The summed E-state index contributed by atoms with van der Waals surface area (Å²) in [6.45, 7) is 3.29. The second kappa shape index (κ2) is 3.18. The van der Waals surface area contributed by atoms with Gasteiger partial charge in [0, 0.05) is 7.11 Å². The van der Waals surface area contributed by atoms with Gasteiger partial charge in [0.1, 0.15) is 11.7 Å². The fourth-order valence-electron chi connectivity index (χ4n) is 0.374. The Morgan fingerprint density at radius 2 is 2.20 bits per heavy atom. The lowest BCUT2D eigenvalue weighted by Gasteiger charge is -2.18. The van der Waals surface area contributed by atoms with Crippen molar-refractivity contribution in [3.63, 3.8) is 0 Å². The maximum Gasteiger partial charge on any atom is 0.187 e. The zero-order chi connectivity index (χ0) is 8.20. The summed E-state index contributed by atoms with van der Waals surface area (Å²) in [5, 5.41) is 19.4. The van der Waals surface area contributed by atoms with E-state index in [0.29, 0.717) is 0 Å². The fraction of sp³-hybridized carbons (Fsp3) is 0.667. The quantitative estimate of drug-likeness (QED) is 0.351. The third-order valence-corrected chi connectivity index (χ3v) is 1.29. The van der Waals surface area contributed by atoms with E-state index in [2.05, 4.69) is 5.16 Å². The van der Waals surface area contributed by atoms with Crippen LogP contribution in [0, 0.1) is 11.3 Å². The van der Waals surface area contributed by atoms with Gasteiger partial charge in [-0.3, -0.25) is 0 Å². The monoisotopic (exact) mass is 142 g/mol.